The van der Waals surface area contributed by atoms with E-state index in [0.29, 0.717) is 22.6 Å². The van der Waals surface area contributed by atoms with Crippen molar-refractivity contribution in [1.29, 1.82) is 0 Å². The van der Waals surface area contributed by atoms with E-state index in [1.807, 2.05) is 6.92 Å². The molecule has 1 fully saturated rings. The number of rotatable bonds is 7. The normalized spacial score (nSPS) is 14.4. The van der Waals surface area contributed by atoms with E-state index in [2.05, 4.69) is 15.6 Å². The molecule has 0 aliphatic heterocycles. The third-order valence-corrected chi connectivity index (χ3v) is 7.83. The molecule has 2 amide bonds. The number of carbonyl (C=O) groups is 3. The molecule has 0 unspecified atom stereocenters. The molecule has 0 spiro atoms. The molecular weight excluding hydrogens is 442 g/mol. The number of anilines is 2. The fourth-order valence-electron chi connectivity index (χ4n) is 3.57. The van der Waals surface area contributed by atoms with Crippen molar-refractivity contribution in [3.8, 4) is 0 Å². The highest BCUT2D eigenvalue weighted by Crippen LogP contribution is 2.31. The zero-order valence-electron chi connectivity index (χ0n) is 17.1. The maximum absolute atomic E-state index is 12.9. The van der Waals surface area contributed by atoms with Gasteiger partial charge in [-0.15, -0.1) is 0 Å². The molecule has 9 nitrogen and oxygen atoms in total. The van der Waals surface area contributed by atoms with Gasteiger partial charge < -0.3 is 10.4 Å². The number of aliphatic carboxylic acids is 1. The number of urea groups is 1. The van der Waals surface area contributed by atoms with Crippen molar-refractivity contribution in [2.45, 2.75) is 43.2 Å². The number of hydrogen-bond donors (Lipinski definition) is 3. The number of carboxylic acid groups (broad SMARTS) is 1. The van der Waals surface area contributed by atoms with Crippen LogP contribution in [0.2, 0.25) is 0 Å². The number of nitrogens with zero attached hydrogens (tertiary/aromatic N) is 1. The molecule has 166 valence electrons. The van der Waals surface area contributed by atoms with Crippen molar-refractivity contribution in [2.75, 3.05) is 16.9 Å². The average molecular weight is 466 g/mol. The molecule has 1 heterocycles. The molecule has 0 atom stereocenters. The Morgan fingerprint density at radius 1 is 1.19 bits per heavy atom. The number of aryl methyl sites for hydroxylation is 1. The summed E-state index contributed by atoms with van der Waals surface area (Å²) in [5.74, 6) is -1.30. The minimum Gasteiger partial charge on any atom is -0.481 e. The van der Waals surface area contributed by atoms with Crippen LogP contribution in [-0.4, -0.2) is 42.5 Å². The van der Waals surface area contributed by atoms with Gasteiger partial charge in [0.25, 0.3) is 0 Å². The molecule has 11 heteroatoms. The first-order chi connectivity index (χ1) is 14.5. The maximum atomic E-state index is 12.9. The Morgan fingerprint density at radius 3 is 2.48 bits per heavy atom. The third kappa shape index (κ3) is 5.67. The van der Waals surface area contributed by atoms with E-state index < -0.39 is 28.3 Å². The molecule has 1 aliphatic carbocycles. The highest BCUT2D eigenvalue weighted by molar-refractivity contribution is 7.92. The summed E-state index contributed by atoms with van der Waals surface area (Å²) in [7, 11) is -3.71. The number of aromatic nitrogens is 1. The van der Waals surface area contributed by atoms with Gasteiger partial charge in [-0.05, 0) is 31.9 Å². The van der Waals surface area contributed by atoms with E-state index in [4.69, 9.17) is 5.11 Å². The summed E-state index contributed by atoms with van der Waals surface area (Å²) in [4.78, 5) is 40.4. The van der Waals surface area contributed by atoms with Crippen LogP contribution in [0.25, 0.3) is 0 Å². The van der Waals surface area contributed by atoms with Gasteiger partial charge in [0.2, 0.25) is 0 Å². The second kappa shape index (κ2) is 9.15. The predicted octanol–water partition coefficient (Wildman–Crippen LogP) is 3.50. The number of Topliss-reactive ketones (excluding diaryl/α,β-unsaturated/α-hetero) is 1. The first-order valence-corrected chi connectivity index (χ1v) is 12.4. The van der Waals surface area contributed by atoms with Crippen LogP contribution in [0.4, 0.5) is 15.6 Å². The number of benzene rings is 1. The smallest absolute Gasteiger partial charge is 0.325 e. The number of carbonyl (C=O) groups excluding carboxylic acids is 2. The lowest BCUT2D eigenvalue weighted by atomic mass is 9.94. The van der Waals surface area contributed by atoms with Gasteiger partial charge in [0.15, 0.2) is 20.8 Å². The van der Waals surface area contributed by atoms with E-state index in [-0.39, 0.29) is 26.7 Å². The largest absolute Gasteiger partial charge is 0.481 e. The monoisotopic (exact) mass is 465 g/mol. The molecule has 3 N–H and O–H groups in total. The Balaban J connectivity index is 1.81. The summed E-state index contributed by atoms with van der Waals surface area (Å²) in [6, 6.07) is 4.46. The van der Waals surface area contributed by atoms with E-state index >= 15 is 0 Å². The van der Waals surface area contributed by atoms with Crippen LogP contribution >= 0.6 is 11.3 Å². The highest BCUT2D eigenvalue weighted by Gasteiger charge is 2.27. The van der Waals surface area contributed by atoms with Gasteiger partial charge in [0, 0.05) is 17.7 Å². The Kier molecular flexibility index (Phi) is 6.75. The summed E-state index contributed by atoms with van der Waals surface area (Å²) in [5.41, 5.74) is 1.54. The van der Waals surface area contributed by atoms with Gasteiger partial charge in [-0.3, -0.25) is 14.9 Å². The Hall–Kier alpha value is -2.79. The Bertz CT molecular complexity index is 1130. The summed E-state index contributed by atoms with van der Waals surface area (Å²) in [6.45, 7) is 1.86. The molecule has 0 radical (unpaired) electrons. The van der Waals surface area contributed by atoms with Crippen LogP contribution in [0.1, 0.15) is 47.3 Å². The van der Waals surface area contributed by atoms with Gasteiger partial charge in [-0.1, -0.05) is 35.8 Å². The summed E-state index contributed by atoms with van der Waals surface area (Å²) < 4.78 is 23.6. The number of sulfone groups is 1. The quantitative estimate of drug-likeness (QED) is 0.531. The van der Waals surface area contributed by atoms with Crippen molar-refractivity contribution < 1.29 is 27.9 Å². The van der Waals surface area contributed by atoms with Crippen molar-refractivity contribution in [3.63, 3.8) is 0 Å². The summed E-state index contributed by atoms with van der Waals surface area (Å²) in [5, 5.41) is 14.0. The zero-order chi connectivity index (χ0) is 22.8. The van der Waals surface area contributed by atoms with Crippen LogP contribution in [0.3, 0.4) is 0 Å². The second-order valence-corrected chi connectivity index (χ2v) is 10.8. The number of nitrogens with one attached hydrogen (secondary N) is 2. The molecule has 3 rings (SSSR count). The first kappa shape index (κ1) is 22.9. The lowest BCUT2D eigenvalue weighted by Crippen LogP contribution is -2.22. The molecule has 2 aromatic rings. The molecule has 0 saturated heterocycles. The highest BCUT2D eigenvalue weighted by atomic mass is 32.2. The number of ketones is 1. The van der Waals surface area contributed by atoms with E-state index in [9.17, 15) is 22.8 Å². The molecule has 1 aromatic carbocycles. The molecule has 1 aliphatic rings. The predicted molar refractivity (Wildman–Crippen MR) is 117 cm³/mol. The number of thiazole rings is 1. The molecule has 31 heavy (non-hydrogen) atoms. The second-order valence-electron chi connectivity index (χ2n) is 7.57. The van der Waals surface area contributed by atoms with Crippen molar-refractivity contribution in [3.05, 3.63) is 35.0 Å². The Labute approximate surface area is 183 Å². The van der Waals surface area contributed by atoms with Crippen LogP contribution in [0.5, 0.6) is 0 Å². The van der Waals surface area contributed by atoms with E-state index in [1.54, 1.807) is 18.2 Å². The van der Waals surface area contributed by atoms with Crippen molar-refractivity contribution in [1.82, 2.24) is 4.98 Å². The SMILES string of the molecule is Cc1ccc(NC(=O)Nc2nc(CC(=O)O)c(S(C)(=O)=O)s2)c(C(=O)C2CCCC2)c1. The number of carboxylic acids is 1. The molecular formula is C20H23N3O6S2. The molecule has 1 saturated carbocycles. The van der Waals surface area contributed by atoms with Crippen LogP contribution < -0.4 is 10.6 Å². The van der Waals surface area contributed by atoms with Gasteiger partial charge in [-0.25, -0.2) is 18.2 Å². The summed E-state index contributed by atoms with van der Waals surface area (Å²) >= 11 is 0.679. The lowest BCUT2D eigenvalue weighted by Gasteiger charge is -2.14. The van der Waals surface area contributed by atoms with Crippen molar-refractivity contribution in [2.24, 2.45) is 5.92 Å². The fourth-order valence-corrected chi connectivity index (χ4v) is 5.66. The Morgan fingerprint density at radius 2 is 1.87 bits per heavy atom. The van der Waals surface area contributed by atoms with Gasteiger partial charge in [-0.2, -0.15) is 0 Å². The third-order valence-electron chi connectivity index (χ3n) is 4.95. The van der Waals surface area contributed by atoms with E-state index in [1.165, 1.54) is 0 Å². The number of amides is 2. The zero-order valence-corrected chi connectivity index (χ0v) is 18.7. The lowest BCUT2D eigenvalue weighted by molar-refractivity contribution is -0.136. The van der Waals surface area contributed by atoms with E-state index in [0.717, 1.165) is 37.5 Å². The van der Waals surface area contributed by atoms with Crippen LogP contribution in [-0.2, 0) is 21.1 Å². The van der Waals surface area contributed by atoms with Gasteiger partial charge >= 0.3 is 12.0 Å². The molecule has 1 aromatic heterocycles. The first-order valence-electron chi connectivity index (χ1n) is 9.69. The standard InChI is InChI=1S/C20H23N3O6S2/c1-11-7-8-14(13(9-11)17(26)12-5-3-4-6-12)21-19(27)23-20-22-15(10-16(24)25)18(30-20)31(2,28)29/h7-9,12H,3-6,10H2,1-2H3,(H,24,25)(H2,21,22,23,27). The van der Waals surface area contributed by atoms with Crippen LogP contribution in [0.15, 0.2) is 22.4 Å². The topological polar surface area (TPSA) is 143 Å². The minimum absolute atomic E-state index is 0.00569. The summed E-state index contributed by atoms with van der Waals surface area (Å²) in [6.07, 6.45) is 4.05. The number of hydrogen-bond acceptors (Lipinski definition) is 7. The average Bonchev–Trinajstić information content (AvgIpc) is 3.32. The fraction of sp³-hybridized carbons (Fsp3) is 0.400. The minimum atomic E-state index is -3.71. The maximum Gasteiger partial charge on any atom is 0.325 e. The van der Waals surface area contributed by atoms with Crippen LogP contribution in [0, 0.1) is 12.8 Å². The molecule has 0 bridgehead atoms. The van der Waals surface area contributed by atoms with Gasteiger partial charge in [0.05, 0.1) is 17.8 Å². The van der Waals surface area contributed by atoms with Gasteiger partial charge in [0.1, 0.15) is 4.21 Å². The van der Waals surface area contributed by atoms with Crippen molar-refractivity contribution >= 4 is 49.8 Å².